The molecule has 204 valence electrons. The number of H-pyrrole nitrogens is 1. The summed E-state index contributed by atoms with van der Waals surface area (Å²) in [6.07, 6.45) is 2.93. The Morgan fingerprint density at radius 3 is 2.41 bits per heavy atom. The second-order valence-electron chi connectivity index (χ2n) is 9.87. The van der Waals surface area contributed by atoms with Crippen LogP contribution in [0.5, 0.6) is 0 Å². The van der Waals surface area contributed by atoms with Crippen molar-refractivity contribution in [2.45, 2.75) is 19.5 Å². The largest absolute Gasteiger partial charge is 0.370 e. The quantitative estimate of drug-likeness (QED) is 0.245. The molecule has 0 radical (unpaired) electrons. The van der Waals surface area contributed by atoms with Gasteiger partial charge in [-0.3, -0.25) is 14.2 Å². The van der Waals surface area contributed by atoms with Crippen LogP contribution in [-0.2, 0) is 6.54 Å². The van der Waals surface area contributed by atoms with Crippen LogP contribution in [0, 0.1) is 0 Å². The Morgan fingerprint density at radius 2 is 1.66 bits per heavy atom. The lowest BCUT2D eigenvalue weighted by Gasteiger charge is -2.26. The molecule has 3 heterocycles. The number of para-hydroxylation sites is 1. The summed E-state index contributed by atoms with van der Waals surface area (Å²) in [5, 5.41) is 5.27. The van der Waals surface area contributed by atoms with Crippen molar-refractivity contribution in [3.63, 3.8) is 0 Å². The molecule has 0 saturated heterocycles. The summed E-state index contributed by atoms with van der Waals surface area (Å²) in [5.74, 6) is 0.351. The summed E-state index contributed by atoms with van der Waals surface area (Å²) >= 11 is 7.20. The van der Waals surface area contributed by atoms with E-state index in [1.54, 1.807) is 10.8 Å². The van der Waals surface area contributed by atoms with Crippen molar-refractivity contribution >= 4 is 44.9 Å². The van der Waals surface area contributed by atoms with Crippen molar-refractivity contribution in [2.75, 3.05) is 17.3 Å². The summed E-state index contributed by atoms with van der Waals surface area (Å²) in [7, 11) is 1.97. The van der Waals surface area contributed by atoms with Gasteiger partial charge in [-0.05, 0) is 30.7 Å². The monoisotopic (exact) mass is 562 g/mol. The van der Waals surface area contributed by atoms with E-state index >= 15 is 0 Å². The Labute approximate surface area is 240 Å². The number of benzene rings is 3. The molecule has 41 heavy (non-hydrogen) atoms. The lowest BCUT2D eigenvalue weighted by atomic mass is 10.0. The van der Waals surface area contributed by atoms with E-state index in [0.717, 1.165) is 11.3 Å². The molecular weight excluding hydrogens is 536 g/mol. The predicted octanol–water partition coefficient (Wildman–Crippen LogP) is 6.09. The Bertz CT molecular complexity index is 1980. The topological polar surface area (TPSA) is 95.9 Å². The maximum Gasteiger partial charge on any atom is 0.265 e. The van der Waals surface area contributed by atoms with Gasteiger partial charge in [0.25, 0.3) is 5.56 Å². The zero-order valence-corrected chi connectivity index (χ0v) is 23.3. The third-order valence-electron chi connectivity index (χ3n) is 7.16. The zero-order chi connectivity index (χ0) is 28.5. The maximum atomic E-state index is 14.5. The molecule has 1 atom stereocenters. The second-order valence-corrected chi connectivity index (χ2v) is 10.2. The van der Waals surface area contributed by atoms with Gasteiger partial charge in [-0.25, -0.2) is 9.97 Å². The highest BCUT2D eigenvalue weighted by Gasteiger charge is 2.24. The molecule has 3 aromatic heterocycles. The Hall–Kier alpha value is -4.95. The lowest BCUT2D eigenvalue weighted by molar-refractivity contribution is 0.774. The highest BCUT2D eigenvalue weighted by molar-refractivity contribution is 6.36. The molecule has 9 heteroatoms. The Kier molecular flexibility index (Phi) is 6.99. The molecule has 0 amide bonds. The second kappa shape index (κ2) is 10.9. The van der Waals surface area contributed by atoms with Crippen LogP contribution < -0.4 is 21.2 Å². The number of hydrogen-bond donors (Lipinski definition) is 2. The van der Waals surface area contributed by atoms with E-state index < -0.39 is 6.04 Å². The summed E-state index contributed by atoms with van der Waals surface area (Å²) in [6.45, 7) is 2.51. The van der Waals surface area contributed by atoms with Crippen molar-refractivity contribution in [1.82, 2.24) is 19.5 Å². The van der Waals surface area contributed by atoms with E-state index in [2.05, 4.69) is 37.3 Å². The first-order valence-corrected chi connectivity index (χ1v) is 13.6. The van der Waals surface area contributed by atoms with Crippen LogP contribution in [0.3, 0.4) is 0 Å². The first-order chi connectivity index (χ1) is 19.9. The fraction of sp³-hybridized carbons (Fsp3) is 0.125. The van der Waals surface area contributed by atoms with Gasteiger partial charge in [-0.1, -0.05) is 72.3 Å². The van der Waals surface area contributed by atoms with Crippen LogP contribution in [0.4, 0.5) is 11.5 Å². The van der Waals surface area contributed by atoms with E-state index in [1.807, 2.05) is 80.7 Å². The minimum absolute atomic E-state index is 0.194. The standard InChI is InChI=1S/C32H27ClN6O2/c1-20(37-31-27-25(40)16-17-34-30(27)35-19-36-31)29-28(33)23-14-9-15-24(38(2)18-21-10-5-3-6-11-21)26(23)32(41)39(29)22-12-7-4-8-13-22/h3-17,19-20H,18H2,1-2H3,(H2,34,35,36,37,40)/t20-/m0/s1. The third kappa shape index (κ3) is 4.83. The molecule has 0 saturated carbocycles. The van der Waals surface area contributed by atoms with Gasteiger partial charge in [-0.2, -0.15) is 0 Å². The van der Waals surface area contributed by atoms with E-state index in [4.69, 9.17) is 11.6 Å². The zero-order valence-electron chi connectivity index (χ0n) is 22.5. The number of nitrogens with zero attached hydrogens (tertiary/aromatic N) is 4. The summed E-state index contributed by atoms with van der Waals surface area (Å²) < 4.78 is 1.65. The fourth-order valence-electron chi connectivity index (χ4n) is 5.27. The molecule has 0 unspecified atom stereocenters. The Balaban J connectivity index is 1.55. The van der Waals surface area contributed by atoms with Crippen molar-refractivity contribution in [2.24, 2.45) is 0 Å². The van der Waals surface area contributed by atoms with Crippen molar-refractivity contribution in [3.05, 3.63) is 134 Å². The van der Waals surface area contributed by atoms with Gasteiger partial charge in [0.1, 0.15) is 23.2 Å². The van der Waals surface area contributed by atoms with Crippen molar-refractivity contribution in [1.29, 1.82) is 0 Å². The molecule has 2 N–H and O–H groups in total. The summed E-state index contributed by atoms with van der Waals surface area (Å²) in [6, 6.07) is 26.2. The minimum Gasteiger partial charge on any atom is -0.370 e. The lowest BCUT2D eigenvalue weighted by Crippen LogP contribution is -2.28. The van der Waals surface area contributed by atoms with Gasteiger partial charge in [-0.15, -0.1) is 0 Å². The number of aromatic nitrogens is 4. The van der Waals surface area contributed by atoms with E-state index in [-0.39, 0.29) is 11.0 Å². The molecule has 0 bridgehead atoms. The van der Waals surface area contributed by atoms with Crippen LogP contribution in [0.1, 0.15) is 24.2 Å². The van der Waals surface area contributed by atoms with Crippen molar-refractivity contribution < 1.29 is 0 Å². The van der Waals surface area contributed by atoms with E-state index in [0.29, 0.717) is 50.6 Å². The Morgan fingerprint density at radius 1 is 0.927 bits per heavy atom. The predicted molar refractivity (Wildman–Crippen MR) is 165 cm³/mol. The summed E-state index contributed by atoms with van der Waals surface area (Å²) in [4.78, 5) is 40.8. The van der Waals surface area contributed by atoms with Crippen LogP contribution >= 0.6 is 11.6 Å². The van der Waals surface area contributed by atoms with Gasteiger partial charge in [0.05, 0.1) is 27.8 Å². The van der Waals surface area contributed by atoms with Gasteiger partial charge in [0.2, 0.25) is 0 Å². The molecule has 3 aromatic carbocycles. The first-order valence-electron chi connectivity index (χ1n) is 13.2. The molecule has 8 nitrogen and oxygen atoms in total. The van der Waals surface area contributed by atoms with Crippen LogP contribution in [-0.4, -0.2) is 26.6 Å². The SMILES string of the molecule is C[C@H](Nc1ncnc2[nH]ccc(=O)c12)c1c(Cl)c2cccc(N(C)Cc3ccccc3)c2c(=O)n1-c1ccccc1. The number of fused-ring (bicyclic) bond motifs is 2. The number of pyridine rings is 2. The van der Waals surface area contributed by atoms with Crippen molar-refractivity contribution in [3.8, 4) is 5.69 Å². The number of hydrogen-bond acceptors (Lipinski definition) is 6. The number of nitrogens with one attached hydrogen (secondary N) is 2. The van der Waals surface area contributed by atoms with Crippen LogP contribution in [0.15, 0.2) is 107 Å². The highest BCUT2D eigenvalue weighted by Crippen LogP contribution is 2.36. The molecule has 6 aromatic rings. The molecule has 0 aliphatic rings. The molecule has 0 aliphatic carbocycles. The van der Waals surface area contributed by atoms with Gasteiger partial charge in [0, 0.05) is 36.9 Å². The normalized spacial score (nSPS) is 12.0. The number of aromatic amines is 1. The average Bonchev–Trinajstić information content (AvgIpc) is 2.99. The van der Waals surface area contributed by atoms with Gasteiger partial charge < -0.3 is 15.2 Å². The average molecular weight is 563 g/mol. The molecule has 0 spiro atoms. The molecule has 0 aliphatic heterocycles. The fourth-order valence-corrected chi connectivity index (χ4v) is 5.68. The number of anilines is 2. The van der Waals surface area contributed by atoms with E-state index in [9.17, 15) is 9.59 Å². The first kappa shape index (κ1) is 26.3. The third-order valence-corrected chi connectivity index (χ3v) is 7.56. The van der Waals surface area contributed by atoms with Crippen LogP contribution in [0.25, 0.3) is 27.5 Å². The van der Waals surface area contributed by atoms with E-state index in [1.165, 1.54) is 12.4 Å². The molecule has 6 rings (SSSR count). The molecular formula is C32H27ClN6O2. The summed E-state index contributed by atoms with van der Waals surface area (Å²) in [5.41, 5.74) is 3.14. The minimum atomic E-state index is -0.511. The smallest absolute Gasteiger partial charge is 0.265 e. The van der Waals surface area contributed by atoms with Gasteiger partial charge >= 0.3 is 0 Å². The van der Waals surface area contributed by atoms with Crippen LogP contribution in [0.2, 0.25) is 5.02 Å². The number of halogens is 1. The van der Waals surface area contributed by atoms with Gasteiger partial charge in [0.15, 0.2) is 5.43 Å². The number of rotatable bonds is 7. The maximum absolute atomic E-state index is 14.5. The highest BCUT2D eigenvalue weighted by atomic mass is 35.5. The molecule has 0 fully saturated rings.